The summed E-state index contributed by atoms with van der Waals surface area (Å²) in [6, 6.07) is 7.69. The van der Waals surface area contributed by atoms with Gasteiger partial charge in [0.05, 0.1) is 12.6 Å². The lowest BCUT2D eigenvalue weighted by molar-refractivity contribution is 0.244. The Morgan fingerprint density at radius 1 is 1.14 bits per heavy atom. The van der Waals surface area contributed by atoms with E-state index in [0.29, 0.717) is 0 Å². The zero-order valence-corrected chi connectivity index (χ0v) is 13.3. The molecule has 4 heteroatoms. The van der Waals surface area contributed by atoms with Gasteiger partial charge in [0, 0.05) is 30.6 Å². The fourth-order valence-electron chi connectivity index (χ4n) is 3.15. The number of aryl methyl sites for hydroxylation is 1. The van der Waals surface area contributed by atoms with E-state index in [2.05, 4.69) is 11.3 Å². The Morgan fingerprint density at radius 3 is 2.64 bits per heavy atom. The third-order valence-electron chi connectivity index (χ3n) is 4.47. The normalized spacial score (nSPS) is 16.1. The molecule has 1 aliphatic heterocycles. The van der Waals surface area contributed by atoms with E-state index in [4.69, 9.17) is 4.74 Å². The van der Waals surface area contributed by atoms with Crippen LogP contribution in [0.3, 0.4) is 0 Å². The minimum atomic E-state index is 0.0711. The smallest absolute Gasteiger partial charge is 0.251 e. The summed E-state index contributed by atoms with van der Waals surface area (Å²) in [4.78, 5) is 14.9. The van der Waals surface area contributed by atoms with Crippen LogP contribution in [0.2, 0.25) is 0 Å². The lowest BCUT2D eigenvalue weighted by atomic mass is 10.1. The van der Waals surface area contributed by atoms with Gasteiger partial charge >= 0.3 is 0 Å². The highest BCUT2D eigenvalue weighted by atomic mass is 16.5. The van der Waals surface area contributed by atoms with Crippen LogP contribution in [0.25, 0.3) is 10.9 Å². The van der Waals surface area contributed by atoms with E-state index in [1.807, 2.05) is 29.7 Å². The molecule has 1 saturated heterocycles. The first-order valence-electron chi connectivity index (χ1n) is 7.91. The predicted octanol–water partition coefficient (Wildman–Crippen LogP) is 2.62. The Balaban J connectivity index is 1.94. The average molecular weight is 299 g/mol. The van der Waals surface area contributed by atoms with Crippen molar-refractivity contribution in [3.8, 4) is 5.75 Å². The number of piperidine rings is 1. The lowest BCUT2D eigenvalue weighted by Crippen LogP contribution is -2.35. The second-order valence-corrected chi connectivity index (χ2v) is 5.91. The van der Waals surface area contributed by atoms with Crippen LogP contribution in [0.5, 0.6) is 5.75 Å². The summed E-state index contributed by atoms with van der Waals surface area (Å²) in [6.45, 7) is 5.83. The summed E-state index contributed by atoms with van der Waals surface area (Å²) in [6.07, 6.45) is 4.64. The Bertz CT molecular complexity index is 715. The number of likely N-dealkylation sites (tertiary alicyclic amines) is 1. The van der Waals surface area contributed by atoms with E-state index in [0.717, 1.165) is 61.2 Å². The Kier molecular flexibility index (Phi) is 4.48. The molecular weight excluding hydrogens is 276 g/mol. The standard InChI is InChI=1S/C18H23N2O2/c1-14-12-18(21)20(11-10-19-8-4-3-5-9-19)17-13-15(22-2)6-7-16(14)17/h3,6-7,12-13H,4-5,8-11H2,1-2H3. The third kappa shape index (κ3) is 3.02. The molecule has 2 aromatic rings. The Morgan fingerprint density at radius 2 is 1.91 bits per heavy atom. The quantitative estimate of drug-likeness (QED) is 0.870. The van der Waals surface area contributed by atoms with Crippen molar-refractivity contribution in [1.29, 1.82) is 0 Å². The van der Waals surface area contributed by atoms with Crippen molar-refractivity contribution < 1.29 is 4.74 Å². The first-order chi connectivity index (χ1) is 10.7. The van der Waals surface area contributed by atoms with Gasteiger partial charge in [0.1, 0.15) is 5.75 Å². The van der Waals surface area contributed by atoms with E-state index in [-0.39, 0.29) is 5.56 Å². The SMILES string of the molecule is COc1ccc2c(C)cc(=O)n(CCN3CC[CH]CC3)c2c1. The molecule has 0 aliphatic carbocycles. The predicted molar refractivity (Wildman–Crippen MR) is 89.5 cm³/mol. The van der Waals surface area contributed by atoms with Gasteiger partial charge in [-0.25, -0.2) is 0 Å². The van der Waals surface area contributed by atoms with Gasteiger partial charge in [-0.2, -0.15) is 0 Å². The highest BCUT2D eigenvalue weighted by Gasteiger charge is 2.12. The molecule has 0 unspecified atom stereocenters. The molecule has 0 atom stereocenters. The van der Waals surface area contributed by atoms with Crippen LogP contribution in [0, 0.1) is 13.3 Å². The molecule has 117 valence electrons. The molecule has 22 heavy (non-hydrogen) atoms. The van der Waals surface area contributed by atoms with Crippen LogP contribution in [-0.2, 0) is 6.54 Å². The molecule has 0 bridgehead atoms. The number of ether oxygens (including phenoxy) is 1. The topological polar surface area (TPSA) is 34.5 Å². The van der Waals surface area contributed by atoms with Gasteiger partial charge in [-0.15, -0.1) is 0 Å². The summed E-state index contributed by atoms with van der Waals surface area (Å²) in [7, 11) is 1.66. The Labute approximate surface area is 131 Å². The van der Waals surface area contributed by atoms with E-state index >= 15 is 0 Å². The first-order valence-corrected chi connectivity index (χ1v) is 7.91. The molecule has 1 radical (unpaired) electrons. The summed E-state index contributed by atoms with van der Waals surface area (Å²) in [5.41, 5.74) is 2.06. The minimum Gasteiger partial charge on any atom is -0.497 e. The fraction of sp³-hybridized carbons (Fsp3) is 0.444. The molecule has 1 fully saturated rings. The monoisotopic (exact) mass is 299 g/mol. The third-order valence-corrected chi connectivity index (χ3v) is 4.47. The van der Waals surface area contributed by atoms with Crippen molar-refractivity contribution >= 4 is 10.9 Å². The van der Waals surface area contributed by atoms with E-state index in [9.17, 15) is 4.79 Å². The average Bonchev–Trinajstić information content (AvgIpc) is 2.55. The number of nitrogens with zero attached hydrogens (tertiary/aromatic N) is 2. The largest absolute Gasteiger partial charge is 0.497 e. The zero-order valence-electron chi connectivity index (χ0n) is 13.3. The van der Waals surface area contributed by atoms with Crippen LogP contribution in [-0.4, -0.2) is 36.2 Å². The molecule has 2 heterocycles. The van der Waals surface area contributed by atoms with Crippen LogP contribution in [0.1, 0.15) is 18.4 Å². The number of pyridine rings is 1. The van der Waals surface area contributed by atoms with Crippen molar-refractivity contribution in [3.63, 3.8) is 0 Å². The van der Waals surface area contributed by atoms with E-state index in [1.165, 1.54) is 0 Å². The number of methoxy groups -OCH3 is 1. The van der Waals surface area contributed by atoms with E-state index in [1.54, 1.807) is 13.2 Å². The molecule has 0 saturated carbocycles. The van der Waals surface area contributed by atoms with Gasteiger partial charge in [0.25, 0.3) is 5.56 Å². The number of aromatic nitrogens is 1. The molecule has 1 aromatic carbocycles. The second-order valence-electron chi connectivity index (χ2n) is 5.91. The molecular formula is C18H23N2O2. The van der Waals surface area contributed by atoms with Gasteiger partial charge < -0.3 is 14.2 Å². The maximum Gasteiger partial charge on any atom is 0.251 e. The molecule has 0 N–H and O–H groups in total. The van der Waals surface area contributed by atoms with Gasteiger partial charge in [0.2, 0.25) is 0 Å². The van der Waals surface area contributed by atoms with Crippen LogP contribution in [0.4, 0.5) is 0 Å². The van der Waals surface area contributed by atoms with Crippen molar-refractivity contribution in [2.45, 2.75) is 26.3 Å². The first kappa shape index (κ1) is 15.1. The number of hydrogen-bond acceptors (Lipinski definition) is 3. The minimum absolute atomic E-state index is 0.0711. The molecule has 1 aliphatic rings. The summed E-state index contributed by atoms with van der Waals surface area (Å²) in [5, 5.41) is 1.12. The fourth-order valence-corrected chi connectivity index (χ4v) is 3.15. The summed E-state index contributed by atoms with van der Waals surface area (Å²) >= 11 is 0. The van der Waals surface area contributed by atoms with Crippen molar-refractivity contribution in [1.82, 2.24) is 9.47 Å². The van der Waals surface area contributed by atoms with Crippen LogP contribution < -0.4 is 10.3 Å². The molecule has 1 aromatic heterocycles. The molecule has 0 spiro atoms. The summed E-state index contributed by atoms with van der Waals surface area (Å²) in [5.74, 6) is 0.791. The van der Waals surface area contributed by atoms with Crippen molar-refractivity contribution in [2.75, 3.05) is 26.7 Å². The van der Waals surface area contributed by atoms with Crippen molar-refractivity contribution in [3.05, 3.63) is 46.6 Å². The van der Waals surface area contributed by atoms with Crippen molar-refractivity contribution in [2.24, 2.45) is 0 Å². The van der Waals surface area contributed by atoms with E-state index < -0.39 is 0 Å². The number of benzene rings is 1. The number of hydrogen-bond donors (Lipinski definition) is 0. The second kappa shape index (κ2) is 6.53. The highest BCUT2D eigenvalue weighted by Crippen LogP contribution is 2.22. The maximum absolute atomic E-state index is 12.4. The number of rotatable bonds is 4. The maximum atomic E-state index is 12.4. The molecule has 3 rings (SSSR count). The molecule has 0 amide bonds. The summed E-state index contributed by atoms with van der Waals surface area (Å²) < 4.78 is 7.20. The molecule has 4 nitrogen and oxygen atoms in total. The van der Waals surface area contributed by atoms with Gasteiger partial charge in [-0.05, 0) is 57.0 Å². The van der Waals surface area contributed by atoms with Gasteiger partial charge in [-0.1, -0.05) is 0 Å². The highest BCUT2D eigenvalue weighted by molar-refractivity contribution is 5.83. The van der Waals surface area contributed by atoms with Crippen LogP contribution >= 0.6 is 0 Å². The van der Waals surface area contributed by atoms with Gasteiger partial charge in [-0.3, -0.25) is 4.79 Å². The van der Waals surface area contributed by atoms with Crippen LogP contribution in [0.15, 0.2) is 29.1 Å². The van der Waals surface area contributed by atoms with Gasteiger partial charge in [0.15, 0.2) is 0 Å². The number of fused-ring (bicyclic) bond motifs is 1. The zero-order chi connectivity index (χ0) is 15.5. The lowest BCUT2D eigenvalue weighted by Gasteiger charge is -2.26. The Hall–Kier alpha value is -1.81.